The van der Waals surface area contributed by atoms with Crippen LogP contribution in [0, 0.1) is 0 Å². The lowest BCUT2D eigenvalue weighted by molar-refractivity contribution is 0.0942. The van der Waals surface area contributed by atoms with Gasteiger partial charge in [-0.15, -0.1) is 0 Å². The maximum Gasteiger partial charge on any atom is 0.252 e. The maximum absolute atomic E-state index is 13.1. The number of likely N-dealkylation sites (N-methyl/N-ethyl adjacent to an activating group) is 1. The summed E-state index contributed by atoms with van der Waals surface area (Å²) in [6, 6.07) is 27.4. The summed E-state index contributed by atoms with van der Waals surface area (Å²) < 4.78 is 5.98. The standard InChI is InChI=1S/C26H25N3O2/c1-29(2)23(19-11-5-3-6-12-19)17-27-25(30)21-15-9-10-16-22(21)26-28-18-24(31-26)20-13-7-4-8-14-20/h3-16,18,23H,17H2,1-2H3,(H,27,30)/t23-/m1/s1. The van der Waals surface area contributed by atoms with Crippen molar-refractivity contribution in [1.82, 2.24) is 15.2 Å². The molecule has 1 atom stereocenters. The normalized spacial score (nSPS) is 12.0. The van der Waals surface area contributed by atoms with E-state index in [2.05, 4.69) is 27.3 Å². The Morgan fingerprint density at radius 1 is 0.935 bits per heavy atom. The average Bonchev–Trinajstić information content (AvgIpc) is 3.30. The molecule has 5 heteroatoms. The van der Waals surface area contributed by atoms with Crippen molar-refractivity contribution in [2.24, 2.45) is 0 Å². The number of benzene rings is 3. The van der Waals surface area contributed by atoms with Gasteiger partial charge >= 0.3 is 0 Å². The quantitative estimate of drug-likeness (QED) is 0.463. The van der Waals surface area contributed by atoms with Crippen LogP contribution >= 0.6 is 0 Å². The van der Waals surface area contributed by atoms with E-state index in [1.165, 1.54) is 0 Å². The third-order valence-electron chi connectivity index (χ3n) is 5.23. The largest absolute Gasteiger partial charge is 0.436 e. The highest BCUT2D eigenvalue weighted by Crippen LogP contribution is 2.28. The third-order valence-corrected chi connectivity index (χ3v) is 5.23. The Labute approximate surface area is 182 Å². The smallest absolute Gasteiger partial charge is 0.252 e. The molecule has 1 amide bonds. The highest BCUT2D eigenvalue weighted by Gasteiger charge is 2.19. The number of nitrogens with zero attached hydrogens (tertiary/aromatic N) is 2. The van der Waals surface area contributed by atoms with Crippen molar-refractivity contribution in [2.75, 3.05) is 20.6 Å². The summed E-state index contributed by atoms with van der Waals surface area (Å²) in [5, 5.41) is 3.08. The van der Waals surface area contributed by atoms with Gasteiger partial charge in [0.05, 0.1) is 17.8 Å². The molecule has 0 aliphatic carbocycles. The third kappa shape index (κ3) is 4.73. The van der Waals surface area contributed by atoms with Gasteiger partial charge in [-0.3, -0.25) is 4.79 Å². The number of amides is 1. The van der Waals surface area contributed by atoms with Crippen LogP contribution in [0.5, 0.6) is 0 Å². The zero-order valence-corrected chi connectivity index (χ0v) is 17.7. The number of hydrogen-bond donors (Lipinski definition) is 1. The van der Waals surface area contributed by atoms with E-state index in [-0.39, 0.29) is 11.9 Å². The zero-order chi connectivity index (χ0) is 21.6. The van der Waals surface area contributed by atoms with Gasteiger partial charge in [-0.25, -0.2) is 4.98 Å². The first kappa shape index (κ1) is 20.6. The SMILES string of the molecule is CN(C)[C@H](CNC(=O)c1ccccc1-c1ncc(-c2ccccc2)o1)c1ccccc1. The molecule has 0 aliphatic heterocycles. The van der Waals surface area contributed by atoms with Crippen LogP contribution in [0.4, 0.5) is 0 Å². The van der Waals surface area contributed by atoms with Gasteiger partial charge < -0.3 is 14.6 Å². The molecule has 4 aromatic rings. The zero-order valence-electron chi connectivity index (χ0n) is 17.7. The molecule has 0 unspecified atom stereocenters. The Morgan fingerprint density at radius 3 is 2.29 bits per heavy atom. The van der Waals surface area contributed by atoms with Crippen LogP contribution in [0.2, 0.25) is 0 Å². The molecular formula is C26H25N3O2. The van der Waals surface area contributed by atoms with Crippen LogP contribution in [-0.4, -0.2) is 36.4 Å². The van der Waals surface area contributed by atoms with E-state index in [9.17, 15) is 4.79 Å². The summed E-state index contributed by atoms with van der Waals surface area (Å²) in [5.41, 5.74) is 3.30. The molecule has 3 aromatic carbocycles. The Balaban J connectivity index is 1.55. The fraction of sp³-hybridized carbons (Fsp3) is 0.154. The van der Waals surface area contributed by atoms with Crippen LogP contribution in [0.1, 0.15) is 22.0 Å². The van der Waals surface area contributed by atoms with Gasteiger partial charge in [-0.2, -0.15) is 0 Å². The second kappa shape index (κ2) is 9.41. The van der Waals surface area contributed by atoms with Gasteiger partial charge in [0, 0.05) is 17.7 Å². The van der Waals surface area contributed by atoms with Gasteiger partial charge in [-0.05, 0) is 31.8 Å². The Kier molecular flexibility index (Phi) is 6.24. The number of carbonyl (C=O) groups is 1. The second-order valence-corrected chi connectivity index (χ2v) is 7.54. The topological polar surface area (TPSA) is 58.4 Å². The summed E-state index contributed by atoms with van der Waals surface area (Å²) in [6.45, 7) is 0.491. The number of aromatic nitrogens is 1. The van der Waals surface area contributed by atoms with Gasteiger partial charge in [0.1, 0.15) is 0 Å². The minimum atomic E-state index is -0.155. The van der Waals surface area contributed by atoms with E-state index in [1.807, 2.05) is 80.8 Å². The highest BCUT2D eigenvalue weighted by molar-refractivity contribution is 6.00. The first-order valence-electron chi connectivity index (χ1n) is 10.2. The fourth-order valence-electron chi connectivity index (χ4n) is 3.56. The van der Waals surface area contributed by atoms with Crippen molar-refractivity contribution >= 4 is 5.91 Å². The predicted molar refractivity (Wildman–Crippen MR) is 123 cm³/mol. The fourth-order valence-corrected chi connectivity index (χ4v) is 3.56. The molecule has 4 rings (SSSR count). The van der Waals surface area contributed by atoms with Crippen molar-refractivity contribution in [3.05, 3.63) is 102 Å². The van der Waals surface area contributed by atoms with Crippen molar-refractivity contribution < 1.29 is 9.21 Å². The molecule has 0 bridgehead atoms. The Morgan fingerprint density at radius 2 is 1.58 bits per heavy atom. The number of carbonyl (C=O) groups excluding carboxylic acids is 1. The van der Waals surface area contributed by atoms with Gasteiger partial charge in [0.2, 0.25) is 5.89 Å². The van der Waals surface area contributed by atoms with Crippen molar-refractivity contribution in [3.8, 4) is 22.8 Å². The summed E-state index contributed by atoms with van der Waals surface area (Å²) in [5.74, 6) is 0.942. The second-order valence-electron chi connectivity index (χ2n) is 7.54. The van der Waals surface area contributed by atoms with Crippen LogP contribution in [0.3, 0.4) is 0 Å². The predicted octanol–water partition coefficient (Wildman–Crippen LogP) is 5.04. The first-order chi connectivity index (χ1) is 15.1. The van der Waals surface area contributed by atoms with E-state index in [1.54, 1.807) is 12.3 Å². The number of nitrogens with one attached hydrogen (secondary N) is 1. The van der Waals surface area contributed by atoms with E-state index in [4.69, 9.17) is 4.42 Å². The van der Waals surface area contributed by atoms with E-state index >= 15 is 0 Å². The molecule has 0 fully saturated rings. The van der Waals surface area contributed by atoms with Crippen molar-refractivity contribution in [1.29, 1.82) is 0 Å². The highest BCUT2D eigenvalue weighted by atomic mass is 16.4. The van der Waals surface area contributed by atoms with Crippen molar-refractivity contribution in [3.63, 3.8) is 0 Å². The van der Waals surface area contributed by atoms with Crippen molar-refractivity contribution in [2.45, 2.75) is 6.04 Å². The minimum Gasteiger partial charge on any atom is -0.436 e. The molecule has 0 aliphatic rings. The molecule has 31 heavy (non-hydrogen) atoms. The molecular weight excluding hydrogens is 386 g/mol. The molecule has 0 saturated carbocycles. The summed E-state index contributed by atoms with van der Waals surface area (Å²) in [7, 11) is 4.02. The molecule has 1 aromatic heterocycles. The van der Waals surface area contributed by atoms with E-state index < -0.39 is 0 Å². The van der Waals surface area contributed by atoms with Crippen LogP contribution < -0.4 is 5.32 Å². The van der Waals surface area contributed by atoms with Crippen LogP contribution in [0.25, 0.3) is 22.8 Å². The Hall–Kier alpha value is -3.70. The van der Waals surface area contributed by atoms with E-state index in [0.29, 0.717) is 29.3 Å². The summed E-state index contributed by atoms with van der Waals surface area (Å²) >= 11 is 0. The maximum atomic E-state index is 13.1. The molecule has 1 heterocycles. The molecule has 1 N–H and O–H groups in total. The molecule has 5 nitrogen and oxygen atoms in total. The lowest BCUT2D eigenvalue weighted by Gasteiger charge is -2.25. The lowest BCUT2D eigenvalue weighted by atomic mass is 10.0. The van der Waals surface area contributed by atoms with Gasteiger partial charge in [-0.1, -0.05) is 72.8 Å². The van der Waals surface area contributed by atoms with Crippen LogP contribution in [-0.2, 0) is 0 Å². The average molecular weight is 412 g/mol. The first-order valence-corrected chi connectivity index (χ1v) is 10.2. The molecule has 156 valence electrons. The molecule has 0 saturated heterocycles. The number of hydrogen-bond acceptors (Lipinski definition) is 4. The molecule has 0 spiro atoms. The summed E-state index contributed by atoms with van der Waals surface area (Å²) in [6.07, 6.45) is 1.69. The van der Waals surface area contributed by atoms with Gasteiger partial charge in [0.15, 0.2) is 5.76 Å². The van der Waals surface area contributed by atoms with Gasteiger partial charge in [0.25, 0.3) is 5.91 Å². The monoisotopic (exact) mass is 411 g/mol. The summed E-state index contributed by atoms with van der Waals surface area (Å²) in [4.78, 5) is 19.6. The number of oxazole rings is 1. The molecule has 0 radical (unpaired) electrons. The lowest BCUT2D eigenvalue weighted by Crippen LogP contribution is -2.34. The van der Waals surface area contributed by atoms with E-state index in [0.717, 1.165) is 11.1 Å². The number of rotatable bonds is 7. The van der Waals surface area contributed by atoms with Crippen LogP contribution in [0.15, 0.2) is 95.5 Å². The Bertz CT molecular complexity index is 1140. The minimum absolute atomic E-state index is 0.0729.